The average Bonchev–Trinajstić information content (AvgIpc) is 3.02. The molecule has 1 amide bonds. The van der Waals surface area contributed by atoms with Crippen molar-refractivity contribution in [3.05, 3.63) is 47.0 Å². The first-order chi connectivity index (χ1) is 13.5. The predicted octanol–water partition coefficient (Wildman–Crippen LogP) is 1.94. The number of ether oxygens (including phenoxy) is 1. The van der Waals surface area contributed by atoms with Gasteiger partial charge in [0.2, 0.25) is 5.91 Å². The van der Waals surface area contributed by atoms with E-state index < -0.39 is 0 Å². The molecule has 3 heterocycles. The molecule has 2 aromatic rings. The highest BCUT2D eigenvalue weighted by Gasteiger charge is 2.27. The molecule has 1 aliphatic heterocycles. The summed E-state index contributed by atoms with van der Waals surface area (Å²) in [6.45, 7) is 7.57. The largest absolute Gasteiger partial charge is 0.378 e. The minimum absolute atomic E-state index is 0.0753. The average molecular weight is 386 g/mol. The molecular formula is C21H31N5O2. The Kier molecular flexibility index (Phi) is 6.80. The van der Waals surface area contributed by atoms with E-state index in [-0.39, 0.29) is 11.9 Å². The molecule has 0 saturated carbocycles. The molecular weight excluding hydrogens is 354 g/mol. The van der Waals surface area contributed by atoms with Crippen LogP contribution in [-0.4, -0.2) is 63.3 Å². The number of hydrogen-bond acceptors (Lipinski definition) is 5. The van der Waals surface area contributed by atoms with Gasteiger partial charge in [-0.3, -0.25) is 19.4 Å². The van der Waals surface area contributed by atoms with Crippen LogP contribution in [0.4, 0.5) is 0 Å². The number of pyridine rings is 1. The fourth-order valence-electron chi connectivity index (χ4n) is 3.45. The molecule has 0 N–H and O–H groups in total. The molecule has 0 aliphatic carbocycles. The molecule has 1 aliphatic rings. The van der Waals surface area contributed by atoms with Crippen LogP contribution in [0.3, 0.4) is 0 Å². The standard InChI is InChI=1S/C21H31N5O2/c1-5-17-6-7-19(22-11-17)14-26-8-9-28-15-20(26)10-21(27)24(3)13-18-12-23-25(4)16(18)2/h6-7,11-12,20H,5,8-10,13-15H2,1-4H3/t20-/m1/s1. The lowest BCUT2D eigenvalue weighted by Crippen LogP contribution is -2.47. The van der Waals surface area contributed by atoms with Crippen molar-refractivity contribution in [2.24, 2.45) is 7.05 Å². The van der Waals surface area contributed by atoms with Crippen LogP contribution in [0.25, 0.3) is 0 Å². The molecule has 2 aromatic heterocycles. The molecule has 1 saturated heterocycles. The van der Waals surface area contributed by atoms with Gasteiger partial charge in [-0.05, 0) is 25.0 Å². The van der Waals surface area contributed by atoms with Gasteiger partial charge in [0.1, 0.15) is 0 Å². The lowest BCUT2D eigenvalue weighted by Gasteiger charge is -2.35. The third-order valence-electron chi connectivity index (χ3n) is 5.59. The van der Waals surface area contributed by atoms with Crippen LogP contribution >= 0.6 is 0 Å². The van der Waals surface area contributed by atoms with E-state index in [2.05, 4.69) is 34.0 Å². The van der Waals surface area contributed by atoms with E-state index in [0.717, 1.165) is 36.5 Å². The fourth-order valence-corrected chi connectivity index (χ4v) is 3.45. The van der Waals surface area contributed by atoms with Crippen LogP contribution in [0, 0.1) is 6.92 Å². The van der Waals surface area contributed by atoms with E-state index >= 15 is 0 Å². The van der Waals surface area contributed by atoms with E-state index in [1.165, 1.54) is 5.56 Å². The lowest BCUT2D eigenvalue weighted by atomic mass is 10.1. The third-order valence-corrected chi connectivity index (χ3v) is 5.59. The van der Waals surface area contributed by atoms with Crippen molar-refractivity contribution in [2.75, 3.05) is 26.8 Å². The van der Waals surface area contributed by atoms with E-state index in [1.54, 1.807) is 4.90 Å². The van der Waals surface area contributed by atoms with Crippen molar-refractivity contribution in [1.29, 1.82) is 0 Å². The van der Waals surface area contributed by atoms with Crippen molar-refractivity contribution in [3.63, 3.8) is 0 Å². The molecule has 0 spiro atoms. The van der Waals surface area contributed by atoms with E-state index in [9.17, 15) is 4.79 Å². The zero-order valence-electron chi connectivity index (χ0n) is 17.4. The monoisotopic (exact) mass is 385 g/mol. The second kappa shape index (κ2) is 9.30. The van der Waals surface area contributed by atoms with Crippen LogP contribution in [0.2, 0.25) is 0 Å². The van der Waals surface area contributed by atoms with Crippen LogP contribution in [0.15, 0.2) is 24.5 Å². The first-order valence-electron chi connectivity index (χ1n) is 9.95. The summed E-state index contributed by atoms with van der Waals surface area (Å²) in [5, 5.41) is 4.26. The minimum Gasteiger partial charge on any atom is -0.378 e. The SMILES string of the molecule is CCc1ccc(CN2CCOC[C@H]2CC(=O)N(C)Cc2cnn(C)c2C)nc1. The van der Waals surface area contributed by atoms with Gasteiger partial charge in [-0.2, -0.15) is 5.10 Å². The molecule has 3 rings (SSSR count). The molecule has 1 atom stereocenters. The van der Waals surface area contributed by atoms with Crippen molar-refractivity contribution < 1.29 is 9.53 Å². The molecule has 0 bridgehead atoms. The zero-order chi connectivity index (χ0) is 20.1. The number of carbonyl (C=O) groups is 1. The van der Waals surface area contributed by atoms with Crippen LogP contribution in [-0.2, 0) is 36.1 Å². The summed E-state index contributed by atoms with van der Waals surface area (Å²) < 4.78 is 7.50. The Balaban J connectivity index is 1.59. The normalized spacial score (nSPS) is 17.6. The Morgan fingerprint density at radius 2 is 2.18 bits per heavy atom. The molecule has 0 radical (unpaired) electrons. The molecule has 152 valence electrons. The van der Waals surface area contributed by atoms with Gasteiger partial charge < -0.3 is 9.64 Å². The highest BCUT2D eigenvalue weighted by atomic mass is 16.5. The van der Waals surface area contributed by atoms with Crippen LogP contribution in [0.1, 0.15) is 35.9 Å². The second-order valence-electron chi connectivity index (χ2n) is 7.54. The Labute approximate surface area is 167 Å². The summed E-state index contributed by atoms with van der Waals surface area (Å²) >= 11 is 0. The number of carbonyl (C=O) groups excluding carboxylic acids is 1. The topological polar surface area (TPSA) is 63.5 Å². The molecule has 7 nitrogen and oxygen atoms in total. The van der Waals surface area contributed by atoms with Gasteiger partial charge in [0.25, 0.3) is 0 Å². The highest BCUT2D eigenvalue weighted by molar-refractivity contribution is 5.76. The Bertz CT molecular complexity index is 787. The van der Waals surface area contributed by atoms with Gasteiger partial charge in [0.15, 0.2) is 0 Å². The van der Waals surface area contributed by atoms with Crippen molar-refractivity contribution in [2.45, 2.75) is 45.8 Å². The van der Waals surface area contributed by atoms with Gasteiger partial charge >= 0.3 is 0 Å². The number of nitrogens with zero attached hydrogens (tertiary/aromatic N) is 5. The van der Waals surface area contributed by atoms with Crippen LogP contribution in [0.5, 0.6) is 0 Å². The molecule has 7 heteroatoms. The number of hydrogen-bond donors (Lipinski definition) is 0. The van der Waals surface area contributed by atoms with E-state index in [4.69, 9.17) is 4.74 Å². The first kappa shape index (κ1) is 20.5. The maximum absolute atomic E-state index is 12.8. The predicted molar refractivity (Wildman–Crippen MR) is 108 cm³/mol. The van der Waals surface area contributed by atoms with Gasteiger partial charge in [0.05, 0.1) is 25.1 Å². The maximum Gasteiger partial charge on any atom is 0.224 e. The van der Waals surface area contributed by atoms with Gasteiger partial charge in [0, 0.05) is 63.6 Å². The summed E-state index contributed by atoms with van der Waals surface area (Å²) in [6, 6.07) is 4.29. The van der Waals surface area contributed by atoms with Gasteiger partial charge in [-0.1, -0.05) is 13.0 Å². The smallest absolute Gasteiger partial charge is 0.224 e. The van der Waals surface area contributed by atoms with Gasteiger partial charge in [-0.15, -0.1) is 0 Å². The summed E-state index contributed by atoms with van der Waals surface area (Å²) in [5.41, 5.74) is 4.44. The number of morpholine rings is 1. The molecule has 1 fully saturated rings. The number of rotatable bonds is 7. The molecule has 28 heavy (non-hydrogen) atoms. The lowest BCUT2D eigenvalue weighted by molar-refractivity contribution is -0.133. The Morgan fingerprint density at radius 1 is 1.36 bits per heavy atom. The quantitative estimate of drug-likeness (QED) is 0.729. The number of aromatic nitrogens is 3. The van der Waals surface area contributed by atoms with Crippen molar-refractivity contribution >= 4 is 5.91 Å². The summed E-state index contributed by atoms with van der Waals surface area (Å²) in [5.74, 6) is 0.123. The maximum atomic E-state index is 12.8. The zero-order valence-corrected chi connectivity index (χ0v) is 17.4. The van der Waals surface area contributed by atoms with E-state index in [1.807, 2.05) is 38.1 Å². The van der Waals surface area contributed by atoms with Crippen LogP contribution < -0.4 is 0 Å². The second-order valence-corrected chi connectivity index (χ2v) is 7.54. The van der Waals surface area contributed by atoms with Crippen molar-refractivity contribution in [3.8, 4) is 0 Å². The molecule has 0 unspecified atom stereocenters. The minimum atomic E-state index is 0.0753. The summed E-state index contributed by atoms with van der Waals surface area (Å²) in [6.07, 6.45) is 5.22. The van der Waals surface area contributed by atoms with E-state index in [0.29, 0.717) is 26.2 Å². The van der Waals surface area contributed by atoms with Crippen molar-refractivity contribution in [1.82, 2.24) is 24.6 Å². The fraction of sp³-hybridized carbons (Fsp3) is 0.571. The van der Waals surface area contributed by atoms with Gasteiger partial charge in [-0.25, -0.2) is 0 Å². The third kappa shape index (κ3) is 4.97. The number of amides is 1. The highest BCUT2D eigenvalue weighted by Crippen LogP contribution is 2.17. The Hall–Kier alpha value is -2.25. The first-order valence-corrected chi connectivity index (χ1v) is 9.95. The summed E-state index contributed by atoms with van der Waals surface area (Å²) in [7, 11) is 3.77. The summed E-state index contributed by atoms with van der Waals surface area (Å²) in [4.78, 5) is 21.5. The number of aryl methyl sites for hydroxylation is 2. The molecule has 0 aromatic carbocycles. The Morgan fingerprint density at radius 3 is 2.82 bits per heavy atom.